The number of hydrogen-bond acceptors (Lipinski definition) is 3. The van der Waals surface area contributed by atoms with Crippen LogP contribution >= 0.6 is 24.0 Å². The molecule has 0 aromatic carbocycles. The van der Waals surface area contributed by atoms with Crippen molar-refractivity contribution in [3.05, 3.63) is 24.1 Å². The molecule has 5 heteroatoms. The van der Waals surface area contributed by atoms with Gasteiger partial charge in [-0.05, 0) is 23.7 Å². The van der Waals surface area contributed by atoms with E-state index >= 15 is 0 Å². The number of allylic oxidation sites excluding steroid dienone is 1. The maximum atomic E-state index is 11.9. The van der Waals surface area contributed by atoms with E-state index in [1.54, 1.807) is 6.08 Å². The number of rotatable bonds is 2. The van der Waals surface area contributed by atoms with Gasteiger partial charge < -0.3 is 0 Å². The Balaban J connectivity index is 2.31. The van der Waals surface area contributed by atoms with Crippen LogP contribution < -0.4 is 0 Å². The summed E-state index contributed by atoms with van der Waals surface area (Å²) in [5.41, 5.74) is 0.769. The minimum Gasteiger partial charge on any atom is -0.282 e. The van der Waals surface area contributed by atoms with E-state index in [1.807, 2.05) is 11.5 Å². The highest BCUT2D eigenvalue weighted by Gasteiger charge is 2.35. The Morgan fingerprint density at radius 1 is 1.79 bits per heavy atom. The van der Waals surface area contributed by atoms with Crippen LogP contribution in [0.5, 0.6) is 0 Å². The molecule has 0 aromatic heterocycles. The largest absolute Gasteiger partial charge is 0.282 e. The van der Waals surface area contributed by atoms with Crippen LogP contribution in [0.1, 0.15) is 0 Å². The normalized spacial score (nSPS) is 25.0. The van der Waals surface area contributed by atoms with Crippen LogP contribution in [-0.4, -0.2) is 33.4 Å². The average Bonchev–Trinajstić information content (AvgIpc) is 2.60. The van der Waals surface area contributed by atoms with Crippen molar-refractivity contribution in [1.82, 2.24) is 4.90 Å². The lowest BCUT2D eigenvalue weighted by Gasteiger charge is -2.26. The number of amides is 1. The number of carbonyl (C=O) groups is 1. The highest BCUT2D eigenvalue weighted by Crippen LogP contribution is 2.27. The molecule has 2 aliphatic heterocycles. The third-order valence-corrected chi connectivity index (χ3v) is 3.30. The molecule has 14 heavy (non-hydrogen) atoms. The highest BCUT2D eigenvalue weighted by molar-refractivity contribution is 8.04. The summed E-state index contributed by atoms with van der Waals surface area (Å²) in [7, 11) is 0. The topological polar surface area (TPSA) is 32.7 Å². The van der Waals surface area contributed by atoms with Gasteiger partial charge in [-0.1, -0.05) is 6.08 Å². The molecular formula is C9H8N2OS2. The molecule has 2 aliphatic rings. The van der Waals surface area contributed by atoms with Crippen LogP contribution in [0.2, 0.25) is 0 Å². The fraction of sp³-hybridized carbons (Fsp3) is 0.222. The van der Waals surface area contributed by atoms with E-state index in [2.05, 4.69) is 11.6 Å². The Kier molecular flexibility index (Phi) is 2.52. The van der Waals surface area contributed by atoms with E-state index in [1.165, 1.54) is 16.7 Å². The zero-order chi connectivity index (χ0) is 10.1. The molecule has 0 fully saturated rings. The SMILES string of the molecule is C=CCN1C(=O)C2SC=CC2=NC1=S. The molecule has 0 aliphatic carbocycles. The van der Waals surface area contributed by atoms with E-state index < -0.39 is 0 Å². The molecule has 0 saturated carbocycles. The minimum atomic E-state index is -0.193. The first-order chi connectivity index (χ1) is 6.74. The van der Waals surface area contributed by atoms with Crippen LogP contribution in [0.4, 0.5) is 0 Å². The van der Waals surface area contributed by atoms with Gasteiger partial charge in [-0.25, -0.2) is 4.99 Å². The van der Waals surface area contributed by atoms with Crippen LogP contribution in [0, 0.1) is 0 Å². The van der Waals surface area contributed by atoms with Crippen molar-refractivity contribution in [2.75, 3.05) is 6.54 Å². The van der Waals surface area contributed by atoms with Gasteiger partial charge in [-0.2, -0.15) is 0 Å². The van der Waals surface area contributed by atoms with Crippen molar-refractivity contribution < 1.29 is 4.79 Å². The number of nitrogens with zero attached hydrogens (tertiary/aromatic N) is 2. The molecule has 0 saturated heterocycles. The van der Waals surface area contributed by atoms with E-state index in [9.17, 15) is 4.79 Å². The van der Waals surface area contributed by atoms with Crippen molar-refractivity contribution in [2.24, 2.45) is 4.99 Å². The van der Waals surface area contributed by atoms with Gasteiger partial charge in [-0.3, -0.25) is 9.69 Å². The molecule has 0 N–H and O–H groups in total. The van der Waals surface area contributed by atoms with Gasteiger partial charge in [0.15, 0.2) is 0 Å². The molecule has 2 heterocycles. The van der Waals surface area contributed by atoms with E-state index in [-0.39, 0.29) is 11.2 Å². The van der Waals surface area contributed by atoms with E-state index in [4.69, 9.17) is 12.2 Å². The molecule has 2 rings (SSSR count). The zero-order valence-corrected chi connectivity index (χ0v) is 8.98. The third-order valence-electron chi connectivity index (χ3n) is 1.98. The van der Waals surface area contributed by atoms with Crippen LogP contribution in [0.15, 0.2) is 29.1 Å². The first-order valence-corrected chi connectivity index (χ1v) is 5.46. The number of carbonyl (C=O) groups excluding carboxylic acids is 1. The maximum absolute atomic E-state index is 11.9. The molecule has 3 nitrogen and oxygen atoms in total. The van der Waals surface area contributed by atoms with Gasteiger partial charge in [-0.15, -0.1) is 18.3 Å². The molecule has 0 radical (unpaired) electrons. The Bertz CT molecular complexity index is 373. The summed E-state index contributed by atoms with van der Waals surface area (Å²) in [5.74, 6) is 0.00917. The number of aliphatic imine (C=N–C) groups is 1. The molecule has 72 valence electrons. The molecule has 1 unspecified atom stereocenters. The predicted molar refractivity (Wildman–Crippen MR) is 62.5 cm³/mol. The van der Waals surface area contributed by atoms with Crippen LogP contribution in [0.3, 0.4) is 0 Å². The molecule has 0 bridgehead atoms. The first kappa shape index (κ1) is 9.61. The number of thioether (sulfide) groups is 1. The van der Waals surface area contributed by atoms with Crippen molar-refractivity contribution in [1.29, 1.82) is 0 Å². The van der Waals surface area contributed by atoms with Gasteiger partial charge in [0.25, 0.3) is 0 Å². The van der Waals surface area contributed by atoms with Gasteiger partial charge in [0.05, 0.1) is 5.71 Å². The lowest BCUT2D eigenvalue weighted by Crippen LogP contribution is -2.46. The smallest absolute Gasteiger partial charge is 0.248 e. The summed E-state index contributed by atoms with van der Waals surface area (Å²) >= 11 is 6.49. The first-order valence-electron chi connectivity index (χ1n) is 4.11. The summed E-state index contributed by atoms with van der Waals surface area (Å²) < 4.78 is 0. The number of hydrogen-bond donors (Lipinski definition) is 0. The van der Waals surface area contributed by atoms with E-state index in [0.717, 1.165) is 5.71 Å². The Morgan fingerprint density at radius 2 is 2.57 bits per heavy atom. The maximum Gasteiger partial charge on any atom is 0.248 e. The summed E-state index contributed by atoms with van der Waals surface area (Å²) in [6.45, 7) is 4.02. The fourth-order valence-corrected chi connectivity index (χ4v) is 2.49. The average molecular weight is 224 g/mol. The molecule has 0 spiro atoms. The monoisotopic (exact) mass is 224 g/mol. The summed E-state index contributed by atoms with van der Waals surface area (Å²) in [6.07, 6.45) is 3.49. The van der Waals surface area contributed by atoms with Crippen molar-refractivity contribution >= 4 is 40.7 Å². The summed E-state index contributed by atoms with van der Waals surface area (Å²) in [6, 6.07) is 0. The molecule has 1 atom stereocenters. The Labute approximate surface area is 91.6 Å². The van der Waals surface area contributed by atoms with Gasteiger partial charge >= 0.3 is 0 Å². The Morgan fingerprint density at radius 3 is 3.29 bits per heavy atom. The van der Waals surface area contributed by atoms with Gasteiger partial charge in [0.2, 0.25) is 11.0 Å². The lowest BCUT2D eigenvalue weighted by atomic mass is 10.2. The lowest BCUT2D eigenvalue weighted by molar-refractivity contribution is -0.125. The van der Waals surface area contributed by atoms with Crippen LogP contribution in [-0.2, 0) is 4.79 Å². The minimum absolute atomic E-state index is 0.00917. The zero-order valence-electron chi connectivity index (χ0n) is 7.34. The quantitative estimate of drug-likeness (QED) is 0.524. The number of thiocarbonyl (C=S) groups is 1. The number of fused-ring (bicyclic) bond motifs is 1. The van der Waals surface area contributed by atoms with Gasteiger partial charge in [0.1, 0.15) is 5.25 Å². The second-order valence-electron chi connectivity index (χ2n) is 2.88. The molecule has 1 amide bonds. The second kappa shape index (κ2) is 3.67. The van der Waals surface area contributed by atoms with E-state index in [0.29, 0.717) is 11.7 Å². The molecular weight excluding hydrogens is 216 g/mol. The van der Waals surface area contributed by atoms with Crippen LogP contribution in [0.25, 0.3) is 0 Å². The van der Waals surface area contributed by atoms with Crippen molar-refractivity contribution in [3.8, 4) is 0 Å². The Hall–Kier alpha value is -0.940. The second-order valence-corrected chi connectivity index (χ2v) is 4.26. The molecule has 0 aromatic rings. The standard InChI is InChI=1S/C9H8N2OS2/c1-2-4-11-8(12)7-6(3-5-14-7)10-9(11)13/h2-3,5,7H,1,4H2. The van der Waals surface area contributed by atoms with Gasteiger partial charge in [0, 0.05) is 6.54 Å². The highest BCUT2D eigenvalue weighted by atomic mass is 32.2. The van der Waals surface area contributed by atoms with Crippen molar-refractivity contribution in [3.63, 3.8) is 0 Å². The van der Waals surface area contributed by atoms with Crippen molar-refractivity contribution in [2.45, 2.75) is 5.25 Å². The third kappa shape index (κ3) is 1.42. The summed E-state index contributed by atoms with van der Waals surface area (Å²) in [4.78, 5) is 17.5. The fourth-order valence-electron chi connectivity index (χ4n) is 1.33. The predicted octanol–water partition coefficient (Wildman–Crippen LogP) is 1.37. The summed E-state index contributed by atoms with van der Waals surface area (Å²) in [5, 5.41) is 2.02.